The van der Waals surface area contributed by atoms with Crippen molar-refractivity contribution in [3.63, 3.8) is 0 Å². The lowest BCUT2D eigenvalue weighted by atomic mass is 9.96. The van der Waals surface area contributed by atoms with Crippen LogP contribution in [0.4, 0.5) is 0 Å². The molecule has 156 valence electrons. The van der Waals surface area contributed by atoms with Gasteiger partial charge in [0.15, 0.2) is 0 Å². The Morgan fingerprint density at radius 2 is 0.500 bits per heavy atom. The number of hydrogen-bond donors (Lipinski definition) is 0. The van der Waals surface area contributed by atoms with Crippen LogP contribution in [0.3, 0.4) is 0 Å². The highest BCUT2D eigenvalue weighted by Gasteiger charge is 2.09. The van der Waals surface area contributed by atoms with E-state index in [2.05, 4.69) is 48.5 Å². The molecule has 0 aliphatic heterocycles. The molecule has 2 nitrogen and oxygen atoms in total. The van der Waals surface area contributed by atoms with Crippen LogP contribution in [0.25, 0.3) is 22.3 Å². The fourth-order valence-corrected chi connectivity index (χ4v) is 4.30. The summed E-state index contributed by atoms with van der Waals surface area (Å²) in [5.74, 6) is 0.428. The van der Waals surface area contributed by atoms with Gasteiger partial charge in [0.05, 0.1) is 0 Å². The smallest absolute Gasteiger partial charge is 0.141 e. The minimum atomic E-state index is 0.214. The first-order valence-corrected chi connectivity index (χ1v) is 11.0. The maximum absolute atomic E-state index is 12.6. The quantitative estimate of drug-likeness (QED) is 0.350. The maximum atomic E-state index is 12.6. The molecule has 32 heavy (non-hydrogen) atoms. The average molecular weight is 417 g/mol. The van der Waals surface area contributed by atoms with Crippen molar-refractivity contribution in [3.05, 3.63) is 119 Å². The summed E-state index contributed by atoms with van der Waals surface area (Å²) in [4.78, 5) is 25.2. The summed E-state index contributed by atoms with van der Waals surface area (Å²) in [5.41, 5.74) is 8.54. The van der Waals surface area contributed by atoms with Gasteiger partial charge in [-0.2, -0.15) is 0 Å². The number of rotatable bonds is 0. The molecular formula is C30H24O2. The van der Waals surface area contributed by atoms with Crippen molar-refractivity contribution in [2.75, 3.05) is 0 Å². The van der Waals surface area contributed by atoms with Crippen molar-refractivity contribution in [1.82, 2.24) is 0 Å². The second-order valence-corrected chi connectivity index (χ2v) is 8.57. The van der Waals surface area contributed by atoms with E-state index in [-0.39, 0.29) is 11.6 Å². The lowest BCUT2D eigenvalue weighted by Gasteiger charge is -2.09. The molecule has 4 aromatic carbocycles. The van der Waals surface area contributed by atoms with Crippen molar-refractivity contribution in [1.29, 1.82) is 0 Å². The summed E-state index contributed by atoms with van der Waals surface area (Å²) < 4.78 is 0. The molecule has 0 saturated heterocycles. The Morgan fingerprint density at radius 1 is 0.312 bits per heavy atom. The van der Waals surface area contributed by atoms with E-state index >= 15 is 0 Å². The number of carbonyl (C=O) groups is 2. The van der Waals surface area contributed by atoms with Crippen LogP contribution in [-0.4, -0.2) is 11.6 Å². The first-order chi connectivity index (χ1) is 15.6. The number of ketones is 2. The van der Waals surface area contributed by atoms with Gasteiger partial charge in [0.2, 0.25) is 0 Å². The molecule has 7 aliphatic rings. The third-order valence-corrected chi connectivity index (χ3v) is 6.09. The van der Waals surface area contributed by atoms with Crippen LogP contribution in [0.5, 0.6) is 0 Å². The SMILES string of the molecule is O=C1Cc2ccc(cc2)-c2ccc(cc2)CC(=O)Cc2ccc(cc2)-c2ccc(cc2)C1. The van der Waals surface area contributed by atoms with Gasteiger partial charge >= 0.3 is 0 Å². The summed E-state index contributed by atoms with van der Waals surface area (Å²) >= 11 is 0. The Hall–Kier alpha value is -3.78. The zero-order valence-electron chi connectivity index (χ0n) is 17.9. The molecule has 0 heterocycles. The van der Waals surface area contributed by atoms with Gasteiger partial charge in [-0.15, -0.1) is 0 Å². The van der Waals surface area contributed by atoms with Crippen LogP contribution < -0.4 is 0 Å². The van der Waals surface area contributed by atoms with Crippen LogP contribution in [0, 0.1) is 0 Å². The lowest BCUT2D eigenvalue weighted by Crippen LogP contribution is -2.07. The summed E-state index contributed by atoms with van der Waals surface area (Å²) in [7, 11) is 0. The fraction of sp³-hybridized carbons (Fsp3) is 0.133. The summed E-state index contributed by atoms with van der Waals surface area (Å²) in [5, 5.41) is 0. The first-order valence-electron chi connectivity index (χ1n) is 11.0. The largest absolute Gasteiger partial charge is 0.299 e. The van der Waals surface area contributed by atoms with Gasteiger partial charge in [0, 0.05) is 25.7 Å². The highest BCUT2D eigenvalue weighted by atomic mass is 16.1. The van der Waals surface area contributed by atoms with Crippen molar-refractivity contribution >= 4 is 11.6 Å². The summed E-state index contributed by atoms with van der Waals surface area (Å²) in [6.45, 7) is 0. The van der Waals surface area contributed by atoms with Crippen LogP contribution in [0.15, 0.2) is 97.1 Å². The van der Waals surface area contributed by atoms with Crippen LogP contribution in [0.1, 0.15) is 22.3 Å². The molecule has 0 N–H and O–H groups in total. The predicted octanol–water partition coefficient (Wildman–Crippen LogP) is 6.04. The van der Waals surface area contributed by atoms with Gasteiger partial charge < -0.3 is 0 Å². The molecule has 0 aromatic heterocycles. The van der Waals surface area contributed by atoms with Crippen LogP contribution in [0.2, 0.25) is 0 Å². The Balaban J connectivity index is 1.47. The van der Waals surface area contributed by atoms with E-state index in [1.807, 2.05) is 48.5 Å². The number of carbonyl (C=O) groups excluding carboxylic acids is 2. The average Bonchev–Trinajstić information content (AvgIpc) is 2.81. The minimum absolute atomic E-state index is 0.214. The van der Waals surface area contributed by atoms with Crippen molar-refractivity contribution in [3.8, 4) is 22.3 Å². The van der Waals surface area contributed by atoms with Crippen molar-refractivity contribution in [2.24, 2.45) is 0 Å². The Kier molecular flexibility index (Phi) is 5.51. The third kappa shape index (κ3) is 4.60. The maximum Gasteiger partial charge on any atom is 0.141 e. The predicted molar refractivity (Wildman–Crippen MR) is 129 cm³/mol. The Labute approximate surface area is 188 Å². The molecule has 0 radical (unpaired) electrons. The van der Waals surface area contributed by atoms with Gasteiger partial charge in [0.25, 0.3) is 0 Å². The van der Waals surface area contributed by atoms with Gasteiger partial charge in [0.1, 0.15) is 11.6 Å². The third-order valence-electron chi connectivity index (χ3n) is 6.09. The zero-order valence-corrected chi connectivity index (χ0v) is 17.9. The molecular weight excluding hydrogens is 392 g/mol. The Morgan fingerprint density at radius 3 is 0.688 bits per heavy atom. The molecule has 0 saturated carbocycles. The highest BCUT2D eigenvalue weighted by molar-refractivity contribution is 5.84. The van der Waals surface area contributed by atoms with Crippen molar-refractivity contribution < 1.29 is 9.59 Å². The monoisotopic (exact) mass is 416 g/mol. The molecule has 0 fully saturated rings. The summed E-state index contributed by atoms with van der Waals surface area (Å²) in [6.07, 6.45) is 1.74. The number of benzene rings is 4. The molecule has 8 bridgehead atoms. The van der Waals surface area contributed by atoms with E-state index in [9.17, 15) is 9.59 Å². The number of hydrogen-bond acceptors (Lipinski definition) is 2. The van der Waals surface area contributed by atoms with Gasteiger partial charge in [-0.05, 0) is 44.5 Å². The molecule has 7 aliphatic carbocycles. The second-order valence-electron chi connectivity index (χ2n) is 8.57. The molecule has 0 atom stereocenters. The van der Waals surface area contributed by atoms with E-state index in [4.69, 9.17) is 0 Å². The first kappa shape index (κ1) is 20.1. The van der Waals surface area contributed by atoms with Crippen LogP contribution in [-0.2, 0) is 35.3 Å². The Bertz CT molecular complexity index is 1040. The van der Waals surface area contributed by atoms with E-state index in [0.717, 1.165) is 44.5 Å². The zero-order chi connectivity index (χ0) is 21.9. The van der Waals surface area contributed by atoms with Gasteiger partial charge in [-0.25, -0.2) is 0 Å². The normalized spacial score (nSPS) is 13.9. The molecule has 0 unspecified atom stereocenters. The lowest BCUT2D eigenvalue weighted by molar-refractivity contribution is -0.118. The van der Waals surface area contributed by atoms with E-state index < -0.39 is 0 Å². The minimum Gasteiger partial charge on any atom is -0.299 e. The standard InChI is InChI=1S/C30H24O2/c31-29-17-21-1-9-25(10-2-21)26-11-3-23(4-12-26)19-30(32)20-24-7-15-28(16-8-24)27-13-5-22(18-29)6-14-27/h1-16H,17-20H2. The van der Waals surface area contributed by atoms with Crippen LogP contribution >= 0.6 is 0 Å². The molecule has 4 aromatic rings. The second kappa shape index (κ2) is 8.76. The molecule has 2 heteroatoms. The number of Topliss-reactive ketones (excluding diaryl/α,β-unsaturated/α-hetero) is 2. The van der Waals surface area contributed by atoms with E-state index in [1.54, 1.807) is 0 Å². The van der Waals surface area contributed by atoms with Gasteiger partial charge in [-0.1, -0.05) is 97.1 Å². The van der Waals surface area contributed by atoms with E-state index in [1.165, 1.54) is 0 Å². The topological polar surface area (TPSA) is 34.1 Å². The highest BCUT2D eigenvalue weighted by Crippen LogP contribution is 2.23. The van der Waals surface area contributed by atoms with Crippen molar-refractivity contribution in [2.45, 2.75) is 25.7 Å². The summed E-state index contributed by atoms with van der Waals surface area (Å²) in [6, 6.07) is 32.7. The molecule has 0 spiro atoms. The fourth-order valence-electron chi connectivity index (χ4n) is 4.30. The van der Waals surface area contributed by atoms with E-state index in [0.29, 0.717) is 25.7 Å². The van der Waals surface area contributed by atoms with Gasteiger partial charge in [-0.3, -0.25) is 9.59 Å². The molecule has 0 amide bonds. The molecule has 11 rings (SSSR count).